The van der Waals surface area contributed by atoms with Crippen molar-refractivity contribution in [3.8, 4) is 11.5 Å². The molecule has 0 fully saturated rings. The van der Waals surface area contributed by atoms with Crippen LogP contribution in [0.2, 0.25) is 0 Å². The lowest BCUT2D eigenvalue weighted by atomic mass is 9.72. The van der Waals surface area contributed by atoms with E-state index >= 15 is 0 Å². The lowest BCUT2D eigenvalue weighted by Gasteiger charge is -2.32. The number of esters is 1. The molecule has 0 saturated carbocycles. The maximum absolute atomic E-state index is 12.3. The molecule has 0 spiro atoms. The van der Waals surface area contributed by atoms with Gasteiger partial charge in [0.1, 0.15) is 11.5 Å². The van der Waals surface area contributed by atoms with E-state index in [-0.39, 0.29) is 16.6 Å². The van der Waals surface area contributed by atoms with Crippen molar-refractivity contribution in [3.05, 3.63) is 82.5 Å². The van der Waals surface area contributed by atoms with Gasteiger partial charge >= 0.3 is 5.97 Å². The van der Waals surface area contributed by atoms with Crippen molar-refractivity contribution < 1.29 is 14.6 Å². The molecule has 1 aromatic rings. The molecule has 1 aliphatic rings. The van der Waals surface area contributed by atoms with Gasteiger partial charge in [0, 0.05) is 11.6 Å². The highest BCUT2D eigenvalue weighted by Crippen LogP contribution is 2.40. The highest BCUT2D eigenvalue weighted by Gasteiger charge is 2.26. The number of phenols is 1. The Hall–Kier alpha value is -2.81. The minimum atomic E-state index is -0.440. The number of hydrogen-bond acceptors (Lipinski definition) is 3. The maximum atomic E-state index is 12.3. The van der Waals surface area contributed by atoms with Gasteiger partial charge in [-0.05, 0) is 80.2 Å². The number of ether oxygens (including phenoxy) is 1. The fraction of sp³-hybridized carbons (Fsp3) is 0.433. The Morgan fingerprint density at radius 2 is 1.82 bits per heavy atom. The van der Waals surface area contributed by atoms with Gasteiger partial charge in [-0.2, -0.15) is 0 Å². The number of carbonyl (C=O) groups excluding carboxylic acids is 1. The Morgan fingerprint density at radius 1 is 1.12 bits per heavy atom. The predicted octanol–water partition coefficient (Wildman–Crippen LogP) is 8.13. The van der Waals surface area contributed by atoms with E-state index in [0.717, 1.165) is 16.7 Å². The minimum absolute atomic E-state index is 0.201. The molecule has 0 radical (unpaired) electrons. The summed E-state index contributed by atoms with van der Waals surface area (Å²) >= 11 is 0. The summed E-state index contributed by atoms with van der Waals surface area (Å²) in [6.45, 7) is 16.8. The zero-order valence-electron chi connectivity index (χ0n) is 21.6. The van der Waals surface area contributed by atoms with E-state index in [1.165, 1.54) is 36.5 Å². The Balaban J connectivity index is 2.02. The lowest BCUT2D eigenvalue weighted by molar-refractivity contribution is -0.129. The maximum Gasteiger partial charge on any atom is 0.336 e. The van der Waals surface area contributed by atoms with E-state index in [2.05, 4.69) is 39.8 Å². The molecule has 2 rings (SSSR count). The number of allylic oxidation sites excluding steroid dienone is 9. The summed E-state index contributed by atoms with van der Waals surface area (Å²) in [5, 5.41) is 10.1. The highest BCUT2D eigenvalue weighted by atomic mass is 16.5. The summed E-state index contributed by atoms with van der Waals surface area (Å²) in [5.74, 6) is 0.184. The molecule has 1 N–H and O–H groups in total. The van der Waals surface area contributed by atoms with Crippen molar-refractivity contribution >= 4 is 5.97 Å². The van der Waals surface area contributed by atoms with Crippen LogP contribution < -0.4 is 4.74 Å². The van der Waals surface area contributed by atoms with E-state index in [4.69, 9.17) is 4.74 Å². The van der Waals surface area contributed by atoms with Crippen LogP contribution in [0, 0.1) is 5.41 Å². The Labute approximate surface area is 200 Å². The van der Waals surface area contributed by atoms with Gasteiger partial charge in [-0.1, -0.05) is 76.1 Å². The molecule has 0 bridgehead atoms. The largest absolute Gasteiger partial charge is 0.508 e. The first-order chi connectivity index (χ1) is 15.3. The van der Waals surface area contributed by atoms with Crippen molar-refractivity contribution in [2.24, 2.45) is 5.41 Å². The van der Waals surface area contributed by atoms with Gasteiger partial charge in [0.25, 0.3) is 0 Å². The Kier molecular flexibility index (Phi) is 8.71. The molecular formula is C30H40O3. The second-order valence-electron chi connectivity index (χ2n) is 10.8. The zero-order valence-corrected chi connectivity index (χ0v) is 21.6. The molecule has 0 unspecified atom stereocenters. The van der Waals surface area contributed by atoms with Crippen LogP contribution in [0.25, 0.3) is 0 Å². The van der Waals surface area contributed by atoms with Crippen LogP contribution in [0.1, 0.15) is 80.2 Å². The molecule has 1 aromatic carbocycles. The molecule has 0 amide bonds. The molecule has 3 nitrogen and oxygen atoms in total. The van der Waals surface area contributed by atoms with Crippen molar-refractivity contribution in [1.82, 2.24) is 0 Å². The van der Waals surface area contributed by atoms with Crippen LogP contribution in [0.5, 0.6) is 11.5 Å². The van der Waals surface area contributed by atoms with Crippen molar-refractivity contribution in [2.75, 3.05) is 0 Å². The molecular weight excluding hydrogens is 408 g/mol. The van der Waals surface area contributed by atoms with Gasteiger partial charge in [0.15, 0.2) is 0 Å². The van der Waals surface area contributed by atoms with Crippen LogP contribution in [0.3, 0.4) is 0 Å². The van der Waals surface area contributed by atoms with Gasteiger partial charge in [-0.3, -0.25) is 0 Å². The summed E-state index contributed by atoms with van der Waals surface area (Å²) in [4.78, 5) is 12.3. The molecule has 0 aromatic heterocycles. The second-order valence-corrected chi connectivity index (χ2v) is 10.8. The number of hydrogen-bond donors (Lipinski definition) is 1. The third-order valence-electron chi connectivity index (χ3n) is 6.11. The van der Waals surface area contributed by atoms with E-state index in [0.29, 0.717) is 5.75 Å². The number of aromatic hydroxyl groups is 1. The third-order valence-corrected chi connectivity index (χ3v) is 6.11. The van der Waals surface area contributed by atoms with E-state index in [1.54, 1.807) is 18.2 Å². The van der Waals surface area contributed by atoms with Crippen LogP contribution in [0.15, 0.2) is 76.9 Å². The molecule has 0 heterocycles. The first-order valence-electron chi connectivity index (χ1n) is 11.8. The monoisotopic (exact) mass is 448 g/mol. The number of rotatable bonds is 6. The van der Waals surface area contributed by atoms with Gasteiger partial charge < -0.3 is 9.84 Å². The van der Waals surface area contributed by atoms with Gasteiger partial charge in [0.05, 0.1) is 0 Å². The number of carbonyl (C=O) groups is 1. The first kappa shape index (κ1) is 26.4. The van der Waals surface area contributed by atoms with E-state index in [1.807, 2.05) is 45.9 Å². The molecule has 33 heavy (non-hydrogen) atoms. The SMILES string of the molecule is CC1=C(/C=C/C(C)=C/C=C/C(C)=C/C(=O)Oc2ccc(O)c(C(C)(C)C)c2)C(C)(C)CCC1. The summed E-state index contributed by atoms with van der Waals surface area (Å²) in [7, 11) is 0. The fourth-order valence-electron chi connectivity index (χ4n) is 4.19. The van der Waals surface area contributed by atoms with Crippen molar-refractivity contribution in [2.45, 2.75) is 80.1 Å². The number of benzene rings is 1. The van der Waals surface area contributed by atoms with E-state index in [9.17, 15) is 9.90 Å². The average molecular weight is 449 g/mol. The Bertz CT molecular complexity index is 1020. The standard InChI is InChI=1S/C30H40O3/c1-21(14-16-25-23(3)13-10-18-30(25,7)8)11-9-12-22(2)19-28(32)33-24-15-17-27(31)26(20-24)29(4,5)6/h9,11-12,14-17,19-20,31H,10,13,18H2,1-8H3/b12-9+,16-14+,21-11+,22-19+. The molecule has 0 atom stereocenters. The van der Waals surface area contributed by atoms with Gasteiger partial charge in [0.2, 0.25) is 0 Å². The third kappa shape index (κ3) is 7.92. The van der Waals surface area contributed by atoms with E-state index < -0.39 is 5.97 Å². The average Bonchev–Trinajstić information content (AvgIpc) is 2.67. The number of phenolic OH excluding ortho intramolecular Hbond substituents is 1. The van der Waals surface area contributed by atoms with Crippen molar-refractivity contribution in [3.63, 3.8) is 0 Å². The smallest absolute Gasteiger partial charge is 0.336 e. The van der Waals surface area contributed by atoms with Gasteiger partial charge in [-0.15, -0.1) is 0 Å². The quantitative estimate of drug-likeness (QED) is 0.207. The lowest BCUT2D eigenvalue weighted by Crippen LogP contribution is -2.19. The van der Waals surface area contributed by atoms with Crippen LogP contribution in [0.4, 0.5) is 0 Å². The predicted molar refractivity (Wildman–Crippen MR) is 139 cm³/mol. The minimum Gasteiger partial charge on any atom is -0.508 e. The zero-order chi connectivity index (χ0) is 24.8. The highest BCUT2D eigenvalue weighted by molar-refractivity contribution is 5.85. The summed E-state index contributed by atoms with van der Waals surface area (Å²) in [5.41, 5.74) is 5.63. The van der Waals surface area contributed by atoms with Crippen LogP contribution in [-0.2, 0) is 10.2 Å². The molecule has 1 aliphatic carbocycles. The summed E-state index contributed by atoms with van der Waals surface area (Å²) in [6.07, 6.45) is 15.5. The summed E-state index contributed by atoms with van der Waals surface area (Å²) in [6, 6.07) is 4.88. The molecule has 0 saturated heterocycles. The topological polar surface area (TPSA) is 46.5 Å². The van der Waals surface area contributed by atoms with Crippen LogP contribution >= 0.6 is 0 Å². The normalized spacial score (nSPS) is 17.8. The molecule has 178 valence electrons. The Morgan fingerprint density at radius 3 is 2.45 bits per heavy atom. The molecule has 3 heteroatoms. The summed E-state index contributed by atoms with van der Waals surface area (Å²) < 4.78 is 5.45. The van der Waals surface area contributed by atoms with Crippen LogP contribution in [-0.4, -0.2) is 11.1 Å². The molecule has 0 aliphatic heterocycles. The van der Waals surface area contributed by atoms with Gasteiger partial charge in [-0.25, -0.2) is 4.79 Å². The second kappa shape index (κ2) is 10.9. The first-order valence-corrected chi connectivity index (χ1v) is 11.8. The van der Waals surface area contributed by atoms with Crippen molar-refractivity contribution in [1.29, 1.82) is 0 Å². The fourth-order valence-corrected chi connectivity index (χ4v) is 4.19.